The van der Waals surface area contributed by atoms with Crippen LogP contribution in [0.1, 0.15) is 0 Å². The standard InChI is InChI=1S/C12H10Cl2N2/c1-16(11-2-4-15-5-3-11)12-7-9(13)6-10(14)8-12/h2-8H,1H3. The predicted molar refractivity (Wildman–Crippen MR) is 68.8 cm³/mol. The summed E-state index contributed by atoms with van der Waals surface area (Å²) in [6.45, 7) is 0. The highest BCUT2D eigenvalue weighted by Crippen LogP contribution is 2.28. The molecule has 0 aliphatic heterocycles. The van der Waals surface area contributed by atoms with Crippen LogP contribution < -0.4 is 4.90 Å². The molecular formula is C12H10Cl2N2. The molecule has 0 saturated heterocycles. The normalized spacial score (nSPS) is 10.2. The molecule has 0 aliphatic carbocycles. The molecule has 2 nitrogen and oxygen atoms in total. The fourth-order valence-corrected chi connectivity index (χ4v) is 1.96. The predicted octanol–water partition coefficient (Wildman–Crippen LogP) is 4.16. The first-order chi connectivity index (χ1) is 7.66. The molecule has 0 fully saturated rings. The lowest BCUT2D eigenvalue weighted by Crippen LogP contribution is -2.09. The Kier molecular flexibility index (Phi) is 3.32. The molecule has 16 heavy (non-hydrogen) atoms. The first-order valence-electron chi connectivity index (χ1n) is 4.76. The maximum atomic E-state index is 5.96. The van der Waals surface area contributed by atoms with Gasteiger partial charge in [-0.15, -0.1) is 0 Å². The number of aromatic nitrogens is 1. The van der Waals surface area contributed by atoms with Crippen molar-refractivity contribution < 1.29 is 0 Å². The number of rotatable bonds is 2. The third-order valence-electron chi connectivity index (χ3n) is 2.28. The van der Waals surface area contributed by atoms with Crippen LogP contribution in [0.4, 0.5) is 11.4 Å². The second-order valence-electron chi connectivity index (χ2n) is 3.39. The minimum absolute atomic E-state index is 0.628. The van der Waals surface area contributed by atoms with Gasteiger partial charge >= 0.3 is 0 Å². The Bertz CT molecular complexity index is 465. The van der Waals surface area contributed by atoms with Gasteiger partial charge in [0.2, 0.25) is 0 Å². The number of hydrogen-bond acceptors (Lipinski definition) is 2. The fourth-order valence-electron chi connectivity index (χ4n) is 1.45. The second-order valence-corrected chi connectivity index (χ2v) is 4.26. The topological polar surface area (TPSA) is 16.1 Å². The SMILES string of the molecule is CN(c1ccncc1)c1cc(Cl)cc(Cl)c1. The fraction of sp³-hybridized carbons (Fsp3) is 0.0833. The van der Waals surface area contributed by atoms with Crippen LogP contribution in [0.3, 0.4) is 0 Å². The Morgan fingerprint density at radius 1 is 0.938 bits per heavy atom. The maximum absolute atomic E-state index is 5.96. The summed E-state index contributed by atoms with van der Waals surface area (Å²) in [5, 5.41) is 1.26. The number of benzene rings is 1. The van der Waals surface area contributed by atoms with E-state index in [0.29, 0.717) is 10.0 Å². The van der Waals surface area contributed by atoms with Crippen molar-refractivity contribution in [2.75, 3.05) is 11.9 Å². The van der Waals surface area contributed by atoms with E-state index in [0.717, 1.165) is 11.4 Å². The van der Waals surface area contributed by atoms with Crippen LogP contribution in [0.25, 0.3) is 0 Å². The summed E-state index contributed by atoms with van der Waals surface area (Å²) in [5.41, 5.74) is 1.98. The van der Waals surface area contributed by atoms with E-state index in [2.05, 4.69) is 4.98 Å². The van der Waals surface area contributed by atoms with Crippen molar-refractivity contribution in [2.45, 2.75) is 0 Å². The average Bonchev–Trinajstić information content (AvgIpc) is 2.28. The van der Waals surface area contributed by atoms with Crippen LogP contribution in [0.5, 0.6) is 0 Å². The Balaban J connectivity index is 2.37. The summed E-state index contributed by atoms with van der Waals surface area (Å²) < 4.78 is 0. The van der Waals surface area contributed by atoms with Crippen LogP contribution in [0, 0.1) is 0 Å². The minimum Gasteiger partial charge on any atom is -0.344 e. The lowest BCUT2D eigenvalue weighted by molar-refractivity contribution is 1.19. The highest BCUT2D eigenvalue weighted by molar-refractivity contribution is 6.35. The smallest absolute Gasteiger partial charge is 0.0441 e. The highest BCUT2D eigenvalue weighted by Gasteiger charge is 2.05. The van der Waals surface area contributed by atoms with Crippen LogP contribution in [0.15, 0.2) is 42.7 Å². The molecule has 1 heterocycles. The third kappa shape index (κ3) is 2.46. The molecule has 82 valence electrons. The van der Waals surface area contributed by atoms with E-state index in [9.17, 15) is 0 Å². The molecule has 0 aliphatic rings. The van der Waals surface area contributed by atoms with E-state index in [-0.39, 0.29) is 0 Å². The lowest BCUT2D eigenvalue weighted by Gasteiger charge is -2.19. The number of pyridine rings is 1. The lowest BCUT2D eigenvalue weighted by atomic mass is 10.2. The van der Waals surface area contributed by atoms with Crippen molar-refractivity contribution in [3.8, 4) is 0 Å². The number of anilines is 2. The van der Waals surface area contributed by atoms with Gasteiger partial charge in [0.05, 0.1) is 0 Å². The van der Waals surface area contributed by atoms with E-state index in [1.165, 1.54) is 0 Å². The monoisotopic (exact) mass is 252 g/mol. The summed E-state index contributed by atoms with van der Waals surface area (Å²) in [4.78, 5) is 5.98. The molecule has 0 atom stereocenters. The van der Waals surface area contributed by atoms with Crippen LogP contribution >= 0.6 is 23.2 Å². The summed E-state index contributed by atoms with van der Waals surface area (Å²) >= 11 is 11.9. The molecule has 0 saturated carbocycles. The molecule has 0 amide bonds. The Morgan fingerprint density at radius 3 is 2.06 bits per heavy atom. The quantitative estimate of drug-likeness (QED) is 0.798. The first kappa shape index (κ1) is 11.2. The molecule has 2 aromatic rings. The van der Waals surface area contributed by atoms with E-state index < -0.39 is 0 Å². The van der Waals surface area contributed by atoms with Crippen molar-refractivity contribution in [1.29, 1.82) is 0 Å². The molecule has 0 radical (unpaired) electrons. The van der Waals surface area contributed by atoms with Gasteiger partial charge in [0.25, 0.3) is 0 Å². The summed E-state index contributed by atoms with van der Waals surface area (Å²) in [5.74, 6) is 0. The summed E-state index contributed by atoms with van der Waals surface area (Å²) in [6, 6.07) is 9.30. The molecule has 1 aromatic carbocycles. The van der Waals surface area contributed by atoms with E-state index >= 15 is 0 Å². The number of nitrogens with zero attached hydrogens (tertiary/aromatic N) is 2. The van der Waals surface area contributed by atoms with Gasteiger partial charge in [-0.2, -0.15) is 0 Å². The van der Waals surface area contributed by atoms with Gasteiger partial charge in [-0.3, -0.25) is 4.98 Å². The van der Waals surface area contributed by atoms with Gasteiger partial charge in [0.15, 0.2) is 0 Å². The highest BCUT2D eigenvalue weighted by atomic mass is 35.5. The Morgan fingerprint density at radius 2 is 1.50 bits per heavy atom. The van der Waals surface area contributed by atoms with Gasteiger partial charge in [-0.05, 0) is 30.3 Å². The van der Waals surface area contributed by atoms with Crippen molar-refractivity contribution >= 4 is 34.6 Å². The van der Waals surface area contributed by atoms with Crippen LogP contribution in [-0.4, -0.2) is 12.0 Å². The zero-order chi connectivity index (χ0) is 11.5. The second kappa shape index (κ2) is 4.73. The number of halogens is 2. The van der Waals surface area contributed by atoms with Crippen molar-refractivity contribution in [3.63, 3.8) is 0 Å². The van der Waals surface area contributed by atoms with Gasteiger partial charge in [0.1, 0.15) is 0 Å². The Hall–Kier alpha value is -1.25. The van der Waals surface area contributed by atoms with Gasteiger partial charge < -0.3 is 4.90 Å². The van der Waals surface area contributed by atoms with Crippen LogP contribution in [0.2, 0.25) is 10.0 Å². The zero-order valence-corrected chi connectivity index (χ0v) is 10.2. The Labute approximate surface area is 104 Å². The zero-order valence-electron chi connectivity index (χ0n) is 8.69. The third-order valence-corrected chi connectivity index (χ3v) is 2.72. The van der Waals surface area contributed by atoms with Gasteiger partial charge in [-0.25, -0.2) is 0 Å². The molecule has 0 spiro atoms. The minimum atomic E-state index is 0.628. The molecule has 2 rings (SSSR count). The molecule has 0 N–H and O–H groups in total. The van der Waals surface area contributed by atoms with E-state index in [1.807, 2.05) is 36.2 Å². The van der Waals surface area contributed by atoms with Crippen molar-refractivity contribution in [2.24, 2.45) is 0 Å². The molecule has 0 unspecified atom stereocenters. The summed E-state index contributed by atoms with van der Waals surface area (Å²) in [6.07, 6.45) is 3.50. The summed E-state index contributed by atoms with van der Waals surface area (Å²) in [7, 11) is 1.96. The maximum Gasteiger partial charge on any atom is 0.0441 e. The van der Waals surface area contributed by atoms with E-state index in [4.69, 9.17) is 23.2 Å². The van der Waals surface area contributed by atoms with Gasteiger partial charge in [-0.1, -0.05) is 23.2 Å². The molecule has 4 heteroatoms. The molecule has 0 bridgehead atoms. The van der Waals surface area contributed by atoms with Crippen molar-refractivity contribution in [3.05, 3.63) is 52.8 Å². The first-order valence-corrected chi connectivity index (χ1v) is 5.52. The average molecular weight is 253 g/mol. The molecular weight excluding hydrogens is 243 g/mol. The molecule has 1 aromatic heterocycles. The van der Waals surface area contributed by atoms with E-state index in [1.54, 1.807) is 18.5 Å². The largest absolute Gasteiger partial charge is 0.344 e. The van der Waals surface area contributed by atoms with Crippen LogP contribution in [-0.2, 0) is 0 Å². The number of hydrogen-bond donors (Lipinski definition) is 0. The van der Waals surface area contributed by atoms with Gasteiger partial charge in [0, 0.05) is 40.9 Å². The van der Waals surface area contributed by atoms with Crippen molar-refractivity contribution in [1.82, 2.24) is 4.98 Å².